The zero-order valence-electron chi connectivity index (χ0n) is 19.7. The number of anilines is 1. The van der Waals surface area contributed by atoms with Gasteiger partial charge in [-0.3, -0.25) is 9.58 Å². The zero-order valence-corrected chi connectivity index (χ0v) is 20.4. The lowest BCUT2D eigenvalue weighted by Crippen LogP contribution is -2.64. The van der Waals surface area contributed by atoms with Gasteiger partial charge in [-0.25, -0.2) is 4.68 Å². The predicted octanol–water partition coefficient (Wildman–Crippen LogP) is 3.04. The number of aliphatic hydroxyl groups excluding tert-OH is 1. The van der Waals surface area contributed by atoms with Crippen LogP contribution in [0.5, 0.6) is 0 Å². The van der Waals surface area contributed by atoms with Crippen LogP contribution in [0.3, 0.4) is 0 Å². The molecule has 3 aromatic rings. The SMILES string of the molecule is C[C@@H]1CN(c2cc3c(cnn3-c3cnn(C45CC(C4)C5)c3)cc2Cl)CCN1C1(C)COCC1O. The summed E-state index contributed by atoms with van der Waals surface area (Å²) in [5.41, 5.74) is 3.00. The minimum Gasteiger partial charge on any atom is -0.389 e. The molecule has 9 heteroatoms. The first-order valence-corrected chi connectivity index (χ1v) is 12.7. The quantitative estimate of drug-likeness (QED) is 0.616. The molecule has 5 aliphatic rings. The molecule has 2 unspecified atom stereocenters. The summed E-state index contributed by atoms with van der Waals surface area (Å²) in [7, 11) is 0. The monoisotopic (exact) mass is 482 g/mol. The van der Waals surface area contributed by atoms with E-state index in [1.165, 1.54) is 19.3 Å². The topological polar surface area (TPSA) is 71.6 Å². The van der Waals surface area contributed by atoms with Gasteiger partial charge in [-0.15, -0.1) is 0 Å². The van der Waals surface area contributed by atoms with Crippen molar-refractivity contribution in [1.82, 2.24) is 24.5 Å². The lowest BCUT2D eigenvalue weighted by molar-refractivity contribution is -0.0977. The van der Waals surface area contributed by atoms with Gasteiger partial charge < -0.3 is 14.7 Å². The molecular formula is C25H31ClN6O2. The van der Waals surface area contributed by atoms with Crippen molar-refractivity contribution in [2.75, 3.05) is 37.7 Å². The van der Waals surface area contributed by atoms with Crippen LogP contribution in [0.1, 0.15) is 33.1 Å². The average molecular weight is 483 g/mol. The first kappa shape index (κ1) is 21.2. The van der Waals surface area contributed by atoms with E-state index in [4.69, 9.17) is 21.4 Å². The van der Waals surface area contributed by atoms with Crippen molar-refractivity contribution < 1.29 is 9.84 Å². The summed E-state index contributed by atoms with van der Waals surface area (Å²) in [5, 5.41) is 21.7. The number of hydrogen-bond acceptors (Lipinski definition) is 6. The second-order valence-electron chi connectivity index (χ2n) is 11.1. The molecule has 2 saturated heterocycles. The Morgan fingerprint density at radius 2 is 1.97 bits per heavy atom. The first-order valence-electron chi connectivity index (χ1n) is 12.4. The van der Waals surface area contributed by atoms with Crippen LogP contribution in [0, 0.1) is 5.92 Å². The van der Waals surface area contributed by atoms with Crippen molar-refractivity contribution in [3.05, 3.63) is 35.7 Å². The summed E-state index contributed by atoms with van der Waals surface area (Å²) in [6.07, 6.45) is 9.29. The van der Waals surface area contributed by atoms with Gasteiger partial charge in [0, 0.05) is 31.1 Å². The Balaban J connectivity index is 1.17. The predicted molar refractivity (Wildman–Crippen MR) is 131 cm³/mol. The average Bonchev–Trinajstić information content (AvgIpc) is 3.45. The van der Waals surface area contributed by atoms with Crippen LogP contribution in [0.25, 0.3) is 16.6 Å². The van der Waals surface area contributed by atoms with Crippen LogP contribution in [0.15, 0.2) is 30.7 Å². The summed E-state index contributed by atoms with van der Waals surface area (Å²) < 4.78 is 9.74. The first-order chi connectivity index (χ1) is 16.4. The number of aliphatic hydroxyl groups is 1. The van der Waals surface area contributed by atoms with Crippen LogP contribution >= 0.6 is 11.6 Å². The molecule has 2 bridgehead atoms. The van der Waals surface area contributed by atoms with Crippen molar-refractivity contribution >= 4 is 28.2 Å². The fourth-order valence-corrected chi connectivity index (χ4v) is 7.03. The number of fused-ring (bicyclic) bond motifs is 1. The van der Waals surface area contributed by atoms with Crippen LogP contribution < -0.4 is 4.90 Å². The van der Waals surface area contributed by atoms with Gasteiger partial charge in [0.1, 0.15) is 5.69 Å². The fourth-order valence-electron chi connectivity index (χ4n) is 6.74. The standard InChI is InChI=1S/C25H31ClN6O2/c1-16-12-29(3-4-30(16)24(2)15-34-14-23(24)33)22-6-21-18(5-20(22)26)10-28-32(21)19-11-27-31(13-19)25-7-17(8-25)9-25/h5-6,10-11,13,16-17,23,33H,3-4,7-9,12,14-15H2,1-2H3/t16-,17?,23?,24?,25?/m1/s1. The third kappa shape index (κ3) is 2.89. The largest absolute Gasteiger partial charge is 0.389 e. The number of nitrogens with zero attached hydrogens (tertiary/aromatic N) is 6. The number of aromatic nitrogens is 4. The van der Waals surface area contributed by atoms with E-state index in [-0.39, 0.29) is 17.1 Å². The molecule has 8 rings (SSSR count). The van der Waals surface area contributed by atoms with Gasteiger partial charge in [0.05, 0.1) is 65.2 Å². The number of benzene rings is 1. The van der Waals surface area contributed by atoms with Gasteiger partial charge in [-0.05, 0) is 51.2 Å². The van der Waals surface area contributed by atoms with Crippen molar-refractivity contribution in [2.45, 2.75) is 56.3 Å². The highest BCUT2D eigenvalue weighted by molar-refractivity contribution is 6.34. The van der Waals surface area contributed by atoms with Gasteiger partial charge in [0.25, 0.3) is 0 Å². The van der Waals surface area contributed by atoms with E-state index in [9.17, 15) is 5.11 Å². The van der Waals surface area contributed by atoms with Crippen LogP contribution in [-0.2, 0) is 10.3 Å². The highest BCUT2D eigenvalue weighted by Gasteiger charge is 2.58. The maximum Gasteiger partial charge on any atom is 0.103 e. The normalized spacial score (nSPS) is 35.5. The molecule has 1 N–H and O–H groups in total. The summed E-state index contributed by atoms with van der Waals surface area (Å²) in [6, 6.07) is 4.45. The molecule has 8 nitrogen and oxygen atoms in total. The molecule has 0 spiro atoms. The minimum absolute atomic E-state index is 0.262. The van der Waals surface area contributed by atoms with E-state index in [1.54, 1.807) is 0 Å². The van der Waals surface area contributed by atoms with Crippen LogP contribution in [0.4, 0.5) is 5.69 Å². The second-order valence-corrected chi connectivity index (χ2v) is 11.5. The molecule has 4 heterocycles. The highest BCUT2D eigenvalue weighted by Crippen LogP contribution is 2.62. The van der Waals surface area contributed by atoms with E-state index in [0.717, 1.165) is 52.9 Å². The Morgan fingerprint density at radius 1 is 1.15 bits per heavy atom. The molecule has 1 aromatic carbocycles. The van der Waals surface area contributed by atoms with Crippen molar-refractivity contribution in [2.24, 2.45) is 5.92 Å². The van der Waals surface area contributed by atoms with Crippen molar-refractivity contribution in [1.29, 1.82) is 0 Å². The fraction of sp³-hybridized carbons (Fsp3) is 0.600. The van der Waals surface area contributed by atoms with Crippen molar-refractivity contribution in [3.63, 3.8) is 0 Å². The Morgan fingerprint density at radius 3 is 2.65 bits per heavy atom. The van der Waals surface area contributed by atoms with Crippen LogP contribution in [-0.4, -0.2) is 80.1 Å². The number of piperazine rings is 1. The Bertz CT molecular complexity index is 1250. The Kier molecular flexibility index (Phi) is 4.48. The minimum atomic E-state index is -0.456. The van der Waals surface area contributed by atoms with E-state index < -0.39 is 6.10 Å². The maximum absolute atomic E-state index is 10.5. The third-order valence-electron chi connectivity index (χ3n) is 8.95. The Hall–Kier alpha value is -2.13. The summed E-state index contributed by atoms with van der Waals surface area (Å²) in [4.78, 5) is 4.76. The molecule has 0 radical (unpaired) electrons. The highest BCUT2D eigenvalue weighted by atomic mass is 35.5. The molecule has 2 aromatic heterocycles. The molecule has 5 fully saturated rings. The second kappa shape index (κ2) is 7.20. The summed E-state index contributed by atoms with van der Waals surface area (Å²) in [6.45, 7) is 7.84. The maximum atomic E-state index is 10.5. The third-order valence-corrected chi connectivity index (χ3v) is 9.26. The molecule has 2 aliphatic heterocycles. The zero-order chi connectivity index (χ0) is 23.2. The van der Waals surface area contributed by atoms with Gasteiger partial charge >= 0.3 is 0 Å². The molecule has 3 aliphatic carbocycles. The number of ether oxygens (including phenoxy) is 1. The molecule has 34 heavy (non-hydrogen) atoms. The lowest BCUT2D eigenvalue weighted by Gasteiger charge is -2.61. The number of halogens is 1. The van der Waals surface area contributed by atoms with Gasteiger partial charge in [0.2, 0.25) is 0 Å². The summed E-state index contributed by atoms with van der Waals surface area (Å²) >= 11 is 6.78. The summed E-state index contributed by atoms with van der Waals surface area (Å²) in [5.74, 6) is 0.915. The van der Waals surface area contributed by atoms with Crippen molar-refractivity contribution in [3.8, 4) is 5.69 Å². The van der Waals surface area contributed by atoms with E-state index >= 15 is 0 Å². The lowest BCUT2D eigenvalue weighted by atomic mass is 9.50. The molecular weight excluding hydrogens is 452 g/mol. The van der Waals surface area contributed by atoms with Crippen LogP contribution in [0.2, 0.25) is 5.02 Å². The smallest absolute Gasteiger partial charge is 0.103 e. The molecule has 0 amide bonds. The molecule has 3 saturated carbocycles. The van der Waals surface area contributed by atoms with Gasteiger partial charge in [-0.1, -0.05) is 11.6 Å². The van der Waals surface area contributed by atoms with E-state index in [2.05, 4.69) is 45.7 Å². The Labute approximate surface area is 204 Å². The number of hydrogen-bond donors (Lipinski definition) is 1. The molecule has 180 valence electrons. The van der Waals surface area contributed by atoms with E-state index in [1.807, 2.05) is 23.1 Å². The van der Waals surface area contributed by atoms with E-state index in [0.29, 0.717) is 13.2 Å². The van der Waals surface area contributed by atoms with Gasteiger partial charge in [-0.2, -0.15) is 10.2 Å². The van der Waals surface area contributed by atoms with Gasteiger partial charge in [0.15, 0.2) is 0 Å². The molecule has 3 atom stereocenters. The number of rotatable bonds is 4.